The Kier molecular flexibility index (Phi) is 6.27. The lowest BCUT2D eigenvalue weighted by Gasteiger charge is -2.30. The summed E-state index contributed by atoms with van der Waals surface area (Å²) in [6.07, 6.45) is 1.72. The van der Waals surface area contributed by atoms with Crippen molar-refractivity contribution < 1.29 is 9.59 Å². The zero-order valence-corrected chi connectivity index (χ0v) is 20.9. The number of hydrogen-bond donors (Lipinski definition) is 1. The van der Waals surface area contributed by atoms with E-state index >= 15 is 0 Å². The molecule has 3 aromatic heterocycles. The van der Waals surface area contributed by atoms with E-state index in [0.29, 0.717) is 25.3 Å². The van der Waals surface area contributed by atoms with Gasteiger partial charge in [0.15, 0.2) is 0 Å². The number of nitrogens with zero attached hydrogens (tertiary/aromatic N) is 3. The van der Waals surface area contributed by atoms with Gasteiger partial charge in [0.1, 0.15) is 10.6 Å². The number of benzene rings is 1. The van der Waals surface area contributed by atoms with Crippen LogP contribution in [0.25, 0.3) is 10.1 Å². The van der Waals surface area contributed by atoms with Crippen molar-refractivity contribution in [2.24, 2.45) is 0 Å². The number of thiophene rings is 1. The van der Waals surface area contributed by atoms with E-state index in [0.717, 1.165) is 39.0 Å². The summed E-state index contributed by atoms with van der Waals surface area (Å²) in [4.78, 5) is 37.2. The highest BCUT2D eigenvalue weighted by atomic mass is 32.1. The molecule has 0 bridgehead atoms. The van der Waals surface area contributed by atoms with Gasteiger partial charge in [-0.3, -0.25) is 9.59 Å². The van der Waals surface area contributed by atoms with Crippen LogP contribution in [0.5, 0.6) is 0 Å². The topological polar surface area (TPSA) is 75.2 Å². The number of thiazole rings is 2. The first kappa shape index (κ1) is 22.2. The van der Waals surface area contributed by atoms with Crippen LogP contribution in [-0.4, -0.2) is 39.8 Å². The second kappa shape index (κ2) is 9.32. The molecule has 2 amide bonds. The fourth-order valence-electron chi connectivity index (χ4n) is 4.22. The Morgan fingerprint density at radius 1 is 1.09 bits per heavy atom. The number of amides is 2. The maximum absolute atomic E-state index is 12.9. The number of likely N-dealkylation sites (tertiary alicyclic amines) is 1. The highest BCUT2D eigenvalue weighted by molar-refractivity contribution is 7.17. The highest BCUT2D eigenvalue weighted by Crippen LogP contribution is 2.32. The lowest BCUT2D eigenvalue weighted by Crippen LogP contribution is -2.37. The van der Waals surface area contributed by atoms with Crippen molar-refractivity contribution in [2.75, 3.05) is 13.1 Å². The van der Waals surface area contributed by atoms with Crippen LogP contribution in [0.2, 0.25) is 0 Å². The minimum absolute atomic E-state index is 0.0803. The maximum Gasteiger partial charge on any atom is 0.271 e. The first-order chi connectivity index (χ1) is 16.0. The Hall–Kier alpha value is -2.62. The number of carbonyl (C=O) groups is 2. The largest absolute Gasteiger partial charge is 0.347 e. The molecule has 1 aliphatic rings. The summed E-state index contributed by atoms with van der Waals surface area (Å²) >= 11 is 4.70. The number of aryl methyl sites for hydroxylation is 2. The van der Waals surface area contributed by atoms with E-state index in [2.05, 4.69) is 32.8 Å². The van der Waals surface area contributed by atoms with Crippen molar-refractivity contribution in [3.8, 4) is 0 Å². The first-order valence-corrected chi connectivity index (χ1v) is 13.5. The van der Waals surface area contributed by atoms with Crippen molar-refractivity contribution in [2.45, 2.75) is 39.2 Å². The molecule has 1 aliphatic heterocycles. The third-order valence-corrected chi connectivity index (χ3v) is 9.06. The lowest BCUT2D eigenvalue weighted by atomic mass is 9.97. The average Bonchev–Trinajstić information content (AvgIpc) is 3.55. The zero-order valence-electron chi connectivity index (χ0n) is 18.5. The summed E-state index contributed by atoms with van der Waals surface area (Å²) in [5, 5.41) is 10.0. The van der Waals surface area contributed by atoms with E-state index in [-0.39, 0.29) is 17.7 Å². The number of carbonyl (C=O) groups excluding carboxylic acids is 2. The molecule has 33 heavy (non-hydrogen) atoms. The van der Waals surface area contributed by atoms with Gasteiger partial charge < -0.3 is 10.2 Å². The van der Waals surface area contributed by atoms with Crippen LogP contribution >= 0.6 is 34.0 Å². The molecule has 0 saturated carbocycles. The molecule has 0 atom stereocenters. The van der Waals surface area contributed by atoms with Gasteiger partial charge in [-0.1, -0.05) is 18.2 Å². The van der Waals surface area contributed by atoms with E-state index in [1.807, 2.05) is 36.3 Å². The molecule has 0 aliphatic carbocycles. The summed E-state index contributed by atoms with van der Waals surface area (Å²) < 4.78 is 1.23. The van der Waals surface area contributed by atoms with E-state index in [1.165, 1.54) is 21.4 Å². The minimum atomic E-state index is -0.142. The Morgan fingerprint density at radius 3 is 2.64 bits per heavy atom. The van der Waals surface area contributed by atoms with Gasteiger partial charge in [-0.25, -0.2) is 9.97 Å². The summed E-state index contributed by atoms with van der Waals surface area (Å²) in [7, 11) is 0. The van der Waals surface area contributed by atoms with Gasteiger partial charge in [0.2, 0.25) is 0 Å². The molecule has 0 spiro atoms. The van der Waals surface area contributed by atoms with Gasteiger partial charge in [0.05, 0.1) is 15.7 Å². The number of rotatable bonds is 5. The van der Waals surface area contributed by atoms with Crippen LogP contribution in [0.4, 0.5) is 0 Å². The summed E-state index contributed by atoms with van der Waals surface area (Å²) in [6.45, 7) is 5.72. The normalized spacial score (nSPS) is 14.7. The van der Waals surface area contributed by atoms with E-state index in [9.17, 15) is 9.59 Å². The molecule has 1 aromatic carbocycles. The molecule has 170 valence electrons. The Balaban J connectivity index is 1.17. The van der Waals surface area contributed by atoms with Crippen LogP contribution < -0.4 is 5.32 Å². The van der Waals surface area contributed by atoms with E-state index < -0.39 is 0 Å². The van der Waals surface area contributed by atoms with Gasteiger partial charge in [0, 0.05) is 35.6 Å². The Bertz CT molecular complexity index is 1310. The zero-order chi connectivity index (χ0) is 22.9. The molecule has 4 heterocycles. The van der Waals surface area contributed by atoms with Gasteiger partial charge >= 0.3 is 0 Å². The van der Waals surface area contributed by atoms with Crippen LogP contribution in [0.3, 0.4) is 0 Å². The fourth-order valence-corrected chi connectivity index (χ4v) is 7.04. The van der Waals surface area contributed by atoms with Crippen molar-refractivity contribution in [3.63, 3.8) is 0 Å². The van der Waals surface area contributed by atoms with Gasteiger partial charge in [-0.2, -0.15) is 0 Å². The molecule has 1 saturated heterocycles. The monoisotopic (exact) mass is 496 g/mol. The van der Waals surface area contributed by atoms with E-state index in [4.69, 9.17) is 0 Å². The van der Waals surface area contributed by atoms with Crippen molar-refractivity contribution in [1.29, 1.82) is 0 Å². The molecule has 1 fully saturated rings. The van der Waals surface area contributed by atoms with Gasteiger partial charge in [-0.05, 0) is 49.1 Å². The second-order valence-electron chi connectivity index (χ2n) is 8.22. The molecule has 9 heteroatoms. The van der Waals surface area contributed by atoms with Crippen molar-refractivity contribution in [3.05, 3.63) is 66.9 Å². The maximum atomic E-state index is 12.9. The second-order valence-corrected chi connectivity index (χ2v) is 11.2. The molecule has 4 aromatic rings. The number of nitrogens with one attached hydrogen (secondary N) is 1. The predicted molar refractivity (Wildman–Crippen MR) is 135 cm³/mol. The number of aromatic nitrogens is 2. The third-order valence-electron chi connectivity index (χ3n) is 5.98. The van der Waals surface area contributed by atoms with Crippen molar-refractivity contribution >= 4 is 55.9 Å². The van der Waals surface area contributed by atoms with Crippen LogP contribution in [0.15, 0.2) is 35.0 Å². The molecular weight excluding hydrogens is 472 g/mol. The summed E-state index contributed by atoms with van der Waals surface area (Å²) in [6, 6.07) is 8.23. The third kappa shape index (κ3) is 4.58. The standard InChI is InChI=1S/C24H24N4O2S3/c1-14-21(33-15(2)26-14)24(30)28-9-7-16(8-10-28)23-27-19(13-32-23)22(29)25-11-17-12-31-20-6-4-3-5-18(17)20/h3-6,12-13,16H,7-11H2,1-2H3,(H,25,29). The molecule has 1 N–H and O–H groups in total. The summed E-state index contributed by atoms with van der Waals surface area (Å²) in [5.74, 6) is 0.221. The molecule has 0 radical (unpaired) electrons. The first-order valence-electron chi connectivity index (χ1n) is 10.9. The SMILES string of the molecule is Cc1nc(C)c(C(=O)N2CCC(c3nc(C(=O)NCc4csc5ccccc45)cs3)CC2)s1. The van der Waals surface area contributed by atoms with Crippen LogP contribution in [0.1, 0.15) is 60.2 Å². The predicted octanol–water partition coefficient (Wildman–Crippen LogP) is 5.38. The molecular formula is C24H24N4O2S3. The highest BCUT2D eigenvalue weighted by Gasteiger charge is 2.28. The molecule has 6 nitrogen and oxygen atoms in total. The average molecular weight is 497 g/mol. The van der Waals surface area contributed by atoms with Gasteiger partial charge in [-0.15, -0.1) is 34.0 Å². The smallest absolute Gasteiger partial charge is 0.271 e. The number of hydrogen-bond acceptors (Lipinski definition) is 7. The fraction of sp³-hybridized carbons (Fsp3) is 0.333. The van der Waals surface area contributed by atoms with E-state index in [1.54, 1.807) is 22.7 Å². The Morgan fingerprint density at radius 2 is 1.88 bits per heavy atom. The van der Waals surface area contributed by atoms with Crippen molar-refractivity contribution in [1.82, 2.24) is 20.2 Å². The summed E-state index contributed by atoms with van der Waals surface area (Å²) in [5.41, 5.74) is 2.42. The lowest BCUT2D eigenvalue weighted by molar-refractivity contribution is 0.0717. The number of fused-ring (bicyclic) bond motifs is 1. The van der Waals surface area contributed by atoms with Gasteiger partial charge in [0.25, 0.3) is 11.8 Å². The van der Waals surface area contributed by atoms with Crippen LogP contribution in [0, 0.1) is 13.8 Å². The number of piperidine rings is 1. The Labute approximate surface area is 204 Å². The van der Waals surface area contributed by atoms with Crippen LogP contribution in [-0.2, 0) is 6.54 Å². The molecule has 0 unspecified atom stereocenters. The minimum Gasteiger partial charge on any atom is -0.347 e. The molecule has 5 rings (SSSR count). The quantitative estimate of drug-likeness (QED) is 0.402.